The van der Waals surface area contributed by atoms with Gasteiger partial charge in [0.05, 0.1) is 25.8 Å². The monoisotopic (exact) mass is 448 g/mol. The van der Waals surface area contributed by atoms with Gasteiger partial charge in [0.15, 0.2) is 11.6 Å². The van der Waals surface area contributed by atoms with Crippen LogP contribution in [0.1, 0.15) is 22.7 Å². The Bertz CT molecular complexity index is 1230. The number of nitrogens with zero attached hydrogens (tertiary/aromatic N) is 2. The summed E-state index contributed by atoms with van der Waals surface area (Å²) in [6, 6.07) is 13.3. The number of aliphatic hydroxyl groups is 1. The molecule has 2 heterocycles. The summed E-state index contributed by atoms with van der Waals surface area (Å²) in [5.74, 6) is -2.18. The summed E-state index contributed by atoms with van der Waals surface area (Å²) in [7, 11) is 2.86. The average molecular weight is 448 g/mol. The van der Waals surface area contributed by atoms with Gasteiger partial charge < -0.3 is 19.5 Å². The van der Waals surface area contributed by atoms with Crippen molar-refractivity contribution in [3.8, 4) is 11.5 Å². The lowest BCUT2D eigenvalue weighted by Gasteiger charge is -2.25. The molecule has 33 heavy (non-hydrogen) atoms. The second-order valence-electron chi connectivity index (χ2n) is 7.40. The van der Waals surface area contributed by atoms with E-state index in [1.54, 1.807) is 48.8 Å². The van der Waals surface area contributed by atoms with Crippen LogP contribution in [-0.2, 0) is 16.1 Å². The standard InChI is InChI=1S/C25H21FN2O5/c1-32-18-6-3-16(4-7-18)22-21(23(29)17-5-8-20(33-2)19(26)13-17)24(30)25(31)28(22)14-15-9-11-27-12-10-15/h3-13,22,29H,14H2,1-2H3/b23-21+. The topological polar surface area (TPSA) is 89.0 Å². The van der Waals surface area contributed by atoms with Gasteiger partial charge in [-0.15, -0.1) is 0 Å². The summed E-state index contributed by atoms with van der Waals surface area (Å²) in [6.07, 6.45) is 3.18. The molecular formula is C25H21FN2O5. The minimum atomic E-state index is -0.880. The van der Waals surface area contributed by atoms with Gasteiger partial charge in [0.2, 0.25) is 0 Å². The summed E-state index contributed by atoms with van der Waals surface area (Å²) in [5, 5.41) is 11.1. The first kappa shape index (κ1) is 22.0. The van der Waals surface area contributed by atoms with Gasteiger partial charge in [-0.05, 0) is 53.6 Å². The Labute approximate surface area is 189 Å². The van der Waals surface area contributed by atoms with Gasteiger partial charge in [-0.2, -0.15) is 0 Å². The number of likely N-dealkylation sites (tertiary alicyclic amines) is 1. The van der Waals surface area contributed by atoms with E-state index in [1.807, 2.05) is 0 Å². The molecule has 2 aromatic carbocycles. The molecule has 1 aliphatic heterocycles. The van der Waals surface area contributed by atoms with E-state index in [0.717, 1.165) is 11.6 Å². The van der Waals surface area contributed by atoms with Gasteiger partial charge >= 0.3 is 0 Å². The van der Waals surface area contributed by atoms with Crippen molar-refractivity contribution in [2.75, 3.05) is 14.2 Å². The maximum absolute atomic E-state index is 14.3. The highest BCUT2D eigenvalue weighted by Gasteiger charge is 2.46. The molecule has 1 aromatic heterocycles. The van der Waals surface area contributed by atoms with Gasteiger partial charge in [0, 0.05) is 24.5 Å². The minimum absolute atomic E-state index is 0.00334. The Morgan fingerprint density at radius 3 is 2.33 bits per heavy atom. The number of hydrogen-bond acceptors (Lipinski definition) is 6. The van der Waals surface area contributed by atoms with Gasteiger partial charge in [0.25, 0.3) is 11.7 Å². The zero-order valence-electron chi connectivity index (χ0n) is 18.0. The van der Waals surface area contributed by atoms with E-state index in [0.29, 0.717) is 11.3 Å². The number of rotatable bonds is 6. The maximum Gasteiger partial charge on any atom is 0.295 e. The average Bonchev–Trinajstić information content (AvgIpc) is 3.09. The van der Waals surface area contributed by atoms with Crippen molar-refractivity contribution in [1.29, 1.82) is 0 Å². The van der Waals surface area contributed by atoms with E-state index >= 15 is 0 Å². The lowest BCUT2D eigenvalue weighted by atomic mass is 9.95. The molecule has 0 saturated carbocycles. The van der Waals surface area contributed by atoms with Gasteiger partial charge in [0.1, 0.15) is 11.5 Å². The number of carbonyl (C=O) groups excluding carboxylic acids is 2. The normalized spacial score (nSPS) is 17.3. The molecule has 1 atom stereocenters. The molecule has 1 N–H and O–H groups in total. The Morgan fingerprint density at radius 2 is 1.73 bits per heavy atom. The lowest BCUT2D eigenvalue weighted by Crippen LogP contribution is -2.29. The van der Waals surface area contributed by atoms with Crippen molar-refractivity contribution in [3.05, 3.63) is 95.1 Å². The SMILES string of the molecule is COc1ccc(C2/C(=C(\O)c3ccc(OC)c(F)c3)C(=O)C(=O)N2Cc2ccncc2)cc1. The number of Topliss-reactive ketones (excluding diaryl/α,β-unsaturated/α-hetero) is 1. The molecule has 0 aliphatic carbocycles. The first-order chi connectivity index (χ1) is 15.9. The number of carbonyl (C=O) groups is 2. The first-order valence-electron chi connectivity index (χ1n) is 10.1. The number of ether oxygens (including phenoxy) is 2. The van der Waals surface area contributed by atoms with Crippen LogP contribution in [0, 0.1) is 5.82 Å². The molecule has 1 amide bonds. The third-order valence-electron chi connectivity index (χ3n) is 5.50. The largest absolute Gasteiger partial charge is 0.507 e. The van der Waals surface area contributed by atoms with Gasteiger partial charge in [-0.25, -0.2) is 4.39 Å². The molecule has 7 nitrogen and oxygen atoms in total. The fourth-order valence-corrected chi connectivity index (χ4v) is 3.83. The Hall–Kier alpha value is -4.20. The highest BCUT2D eigenvalue weighted by Crippen LogP contribution is 2.41. The third-order valence-corrected chi connectivity index (χ3v) is 5.50. The summed E-state index contributed by atoms with van der Waals surface area (Å²) in [6.45, 7) is 0.123. The van der Waals surface area contributed by atoms with Crippen LogP contribution in [0.25, 0.3) is 5.76 Å². The predicted molar refractivity (Wildman–Crippen MR) is 118 cm³/mol. The van der Waals surface area contributed by atoms with Crippen LogP contribution in [0.5, 0.6) is 11.5 Å². The molecule has 4 rings (SSSR count). The summed E-state index contributed by atoms with van der Waals surface area (Å²) in [4.78, 5) is 31.5. The highest BCUT2D eigenvalue weighted by molar-refractivity contribution is 6.46. The quantitative estimate of drug-likeness (QED) is 0.350. The van der Waals surface area contributed by atoms with Crippen LogP contribution in [0.15, 0.2) is 72.6 Å². The van der Waals surface area contributed by atoms with Crippen molar-refractivity contribution in [3.63, 3.8) is 0 Å². The number of aliphatic hydroxyl groups excluding tert-OH is 1. The van der Waals surface area contributed by atoms with Crippen molar-refractivity contribution in [1.82, 2.24) is 9.88 Å². The second kappa shape index (κ2) is 9.12. The summed E-state index contributed by atoms with van der Waals surface area (Å²) in [5.41, 5.74) is 1.30. The van der Waals surface area contributed by atoms with Gasteiger partial charge in [-0.1, -0.05) is 12.1 Å². The summed E-state index contributed by atoms with van der Waals surface area (Å²) >= 11 is 0. The molecule has 0 radical (unpaired) electrons. The molecule has 8 heteroatoms. The molecular weight excluding hydrogens is 427 g/mol. The number of ketones is 1. The van der Waals surface area contributed by atoms with E-state index in [2.05, 4.69) is 4.98 Å². The van der Waals surface area contributed by atoms with Crippen molar-refractivity contribution in [2.24, 2.45) is 0 Å². The van der Waals surface area contributed by atoms with Crippen LogP contribution < -0.4 is 9.47 Å². The van der Waals surface area contributed by atoms with E-state index in [1.165, 1.54) is 31.3 Å². The predicted octanol–water partition coefficient (Wildman–Crippen LogP) is 3.86. The number of hydrogen-bond donors (Lipinski definition) is 1. The Morgan fingerprint density at radius 1 is 1.03 bits per heavy atom. The Balaban J connectivity index is 1.85. The summed E-state index contributed by atoms with van der Waals surface area (Å²) < 4.78 is 24.4. The third kappa shape index (κ3) is 4.15. The number of amides is 1. The fraction of sp³-hybridized carbons (Fsp3) is 0.160. The first-order valence-corrected chi connectivity index (χ1v) is 10.1. The molecule has 1 unspecified atom stereocenters. The molecule has 1 aliphatic rings. The van der Waals surface area contributed by atoms with Crippen LogP contribution in [0.4, 0.5) is 4.39 Å². The second-order valence-corrected chi connectivity index (χ2v) is 7.40. The number of benzene rings is 2. The van der Waals surface area contributed by atoms with Crippen molar-refractivity contribution >= 4 is 17.4 Å². The fourth-order valence-electron chi connectivity index (χ4n) is 3.83. The smallest absolute Gasteiger partial charge is 0.295 e. The zero-order chi connectivity index (χ0) is 23.5. The number of methoxy groups -OCH3 is 2. The number of aromatic nitrogens is 1. The number of halogens is 1. The molecule has 0 spiro atoms. The molecule has 168 valence electrons. The van der Waals surface area contributed by atoms with Crippen molar-refractivity contribution < 1.29 is 28.6 Å². The van der Waals surface area contributed by atoms with E-state index in [4.69, 9.17) is 9.47 Å². The van der Waals surface area contributed by atoms with E-state index < -0.39 is 29.3 Å². The lowest BCUT2D eigenvalue weighted by molar-refractivity contribution is -0.140. The van der Waals surface area contributed by atoms with Gasteiger partial charge in [-0.3, -0.25) is 14.6 Å². The zero-order valence-corrected chi connectivity index (χ0v) is 18.0. The maximum atomic E-state index is 14.3. The van der Waals surface area contributed by atoms with Crippen LogP contribution in [-0.4, -0.2) is 40.9 Å². The van der Waals surface area contributed by atoms with E-state index in [9.17, 15) is 19.1 Å². The molecule has 3 aromatic rings. The minimum Gasteiger partial charge on any atom is -0.507 e. The number of pyridine rings is 1. The Kier molecular flexibility index (Phi) is 6.08. The highest BCUT2D eigenvalue weighted by atomic mass is 19.1. The van der Waals surface area contributed by atoms with Crippen LogP contribution in [0.3, 0.4) is 0 Å². The molecule has 1 fully saturated rings. The molecule has 1 saturated heterocycles. The van der Waals surface area contributed by atoms with E-state index in [-0.39, 0.29) is 23.4 Å². The van der Waals surface area contributed by atoms with Crippen molar-refractivity contribution in [2.45, 2.75) is 12.6 Å². The molecule has 0 bridgehead atoms. The van der Waals surface area contributed by atoms with Crippen LogP contribution >= 0.6 is 0 Å². The van der Waals surface area contributed by atoms with Crippen LogP contribution in [0.2, 0.25) is 0 Å².